The fraction of sp³-hybridized carbons (Fsp3) is 0.290. The van der Waals surface area contributed by atoms with Crippen LogP contribution in [0.5, 0.6) is 5.75 Å². The largest absolute Gasteiger partial charge is 0.507 e. The molecule has 1 fully saturated rings. The summed E-state index contributed by atoms with van der Waals surface area (Å²) in [7, 11) is 3.70. The van der Waals surface area contributed by atoms with Gasteiger partial charge in [0.15, 0.2) is 0 Å². The Kier molecular flexibility index (Phi) is 6.07. The molecule has 8 heteroatoms. The van der Waals surface area contributed by atoms with Gasteiger partial charge in [-0.05, 0) is 79.4 Å². The number of imidazole rings is 1. The van der Waals surface area contributed by atoms with Gasteiger partial charge in [0, 0.05) is 74.4 Å². The molecule has 0 spiro atoms. The monoisotopic (exact) mass is 522 g/mol. The standard InChI is InChI=1S/C31H34N6O2/c1-19-12-24(22-6-7-27(20(2)14-22)37-11-10-34(4)31(37)39)30(38)25(13-19)23-15-28-26(17-33-35(28)5)29(16-23)36-9-8-32-21(3)18-36/h6-7,10-17,21,32,38H,8-9,18H2,1-5H3/t21-/m1/s1. The smallest absolute Gasteiger partial charge is 0.332 e. The second-order valence-electron chi connectivity index (χ2n) is 10.8. The van der Waals surface area contributed by atoms with Gasteiger partial charge >= 0.3 is 5.69 Å². The molecule has 39 heavy (non-hydrogen) atoms. The van der Waals surface area contributed by atoms with Crippen LogP contribution in [-0.2, 0) is 14.1 Å². The van der Waals surface area contributed by atoms with Crippen molar-refractivity contribution in [1.29, 1.82) is 0 Å². The van der Waals surface area contributed by atoms with E-state index in [1.165, 1.54) is 0 Å². The summed E-state index contributed by atoms with van der Waals surface area (Å²) in [4.78, 5) is 14.9. The SMILES string of the molecule is Cc1cc(-c2ccc(-n3ccn(C)c3=O)c(C)c2)c(O)c(-c2cc(N3CCN[C@H](C)C3)c3cnn(C)c3c2)c1. The van der Waals surface area contributed by atoms with Crippen molar-refractivity contribution in [2.45, 2.75) is 26.8 Å². The van der Waals surface area contributed by atoms with Crippen molar-refractivity contribution in [2.75, 3.05) is 24.5 Å². The number of phenols is 1. The zero-order chi connectivity index (χ0) is 27.4. The van der Waals surface area contributed by atoms with E-state index in [0.29, 0.717) is 6.04 Å². The zero-order valence-corrected chi connectivity index (χ0v) is 23.1. The first-order valence-electron chi connectivity index (χ1n) is 13.3. The van der Waals surface area contributed by atoms with Crippen molar-refractivity contribution < 1.29 is 5.11 Å². The van der Waals surface area contributed by atoms with Crippen LogP contribution < -0.4 is 15.9 Å². The summed E-state index contributed by atoms with van der Waals surface area (Å²) in [6.07, 6.45) is 5.46. The minimum absolute atomic E-state index is 0.0909. The molecule has 1 atom stereocenters. The summed E-state index contributed by atoms with van der Waals surface area (Å²) in [5, 5.41) is 20.9. The molecule has 2 aromatic heterocycles. The Balaban J connectivity index is 1.48. The quantitative estimate of drug-likeness (QED) is 0.363. The lowest BCUT2D eigenvalue weighted by Gasteiger charge is -2.34. The fourth-order valence-electron chi connectivity index (χ4n) is 5.76. The highest BCUT2D eigenvalue weighted by Gasteiger charge is 2.22. The third-order valence-electron chi connectivity index (χ3n) is 7.83. The third-order valence-corrected chi connectivity index (χ3v) is 7.83. The number of rotatable bonds is 4. The Morgan fingerprint density at radius 1 is 0.974 bits per heavy atom. The number of hydrogen-bond donors (Lipinski definition) is 2. The number of aromatic nitrogens is 4. The lowest BCUT2D eigenvalue weighted by atomic mass is 9.93. The number of aromatic hydroxyl groups is 1. The van der Waals surface area contributed by atoms with Crippen molar-refractivity contribution >= 4 is 16.6 Å². The van der Waals surface area contributed by atoms with Crippen LogP contribution in [0.3, 0.4) is 0 Å². The average Bonchev–Trinajstić information content (AvgIpc) is 3.46. The molecule has 3 heterocycles. The molecule has 3 aromatic carbocycles. The van der Waals surface area contributed by atoms with Crippen LogP contribution in [-0.4, -0.2) is 49.7 Å². The summed E-state index contributed by atoms with van der Waals surface area (Å²) < 4.78 is 5.10. The van der Waals surface area contributed by atoms with Crippen LogP contribution in [0.25, 0.3) is 38.8 Å². The second kappa shape index (κ2) is 9.47. The molecule has 0 bridgehead atoms. The number of nitrogens with zero attached hydrogens (tertiary/aromatic N) is 5. The summed E-state index contributed by atoms with van der Waals surface area (Å²) in [5.74, 6) is 0.241. The molecule has 0 aliphatic carbocycles. The summed E-state index contributed by atoms with van der Waals surface area (Å²) >= 11 is 0. The molecule has 6 rings (SSSR count). The Hall–Kier alpha value is -4.30. The van der Waals surface area contributed by atoms with E-state index in [1.807, 2.05) is 55.2 Å². The van der Waals surface area contributed by atoms with Crippen molar-refractivity contribution in [3.8, 4) is 33.7 Å². The van der Waals surface area contributed by atoms with Crippen LogP contribution in [0, 0.1) is 13.8 Å². The van der Waals surface area contributed by atoms with E-state index in [4.69, 9.17) is 0 Å². The molecule has 0 unspecified atom stereocenters. The fourth-order valence-corrected chi connectivity index (χ4v) is 5.76. The van der Waals surface area contributed by atoms with Crippen LogP contribution in [0.2, 0.25) is 0 Å². The summed E-state index contributed by atoms with van der Waals surface area (Å²) in [6.45, 7) is 9.00. The van der Waals surface area contributed by atoms with Crippen LogP contribution in [0.15, 0.2) is 65.8 Å². The Labute approximate surface area is 227 Å². The highest BCUT2D eigenvalue weighted by molar-refractivity contribution is 5.97. The highest BCUT2D eigenvalue weighted by atomic mass is 16.3. The molecule has 5 aromatic rings. The lowest BCUT2D eigenvalue weighted by molar-refractivity contribution is 0.479. The number of fused-ring (bicyclic) bond motifs is 1. The van der Waals surface area contributed by atoms with Crippen LogP contribution in [0.4, 0.5) is 5.69 Å². The average molecular weight is 523 g/mol. The molecule has 1 aliphatic heterocycles. The van der Waals surface area contributed by atoms with Gasteiger partial charge in [0.05, 0.1) is 17.4 Å². The molecule has 0 radical (unpaired) electrons. The van der Waals surface area contributed by atoms with Gasteiger partial charge in [-0.3, -0.25) is 9.25 Å². The van der Waals surface area contributed by atoms with Gasteiger partial charge in [-0.15, -0.1) is 0 Å². The van der Waals surface area contributed by atoms with Gasteiger partial charge in [-0.1, -0.05) is 6.07 Å². The van der Waals surface area contributed by atoms with Crippen molar-refractivity contribution in [1.82, 2.24) is 24.2 Å². The van der Waals surface area contributed by atoms with E-state index in [-0.39, 0.29) is 11.4 Å². The minimum Gasteiger partial charge on any atom is -0.507 e. The number of aryl methyl sites for hydroxylation is 4. The molecular weight excluding hydrogens is 488 g/mol. The highest BCUT2D eigenvalue weighted by Crippen LogP contribution is 2.42. The molecule has 0 saturated carbocycles. The Morgan fingerprint density at radius 2 is 1.74 bits per heavy atom. The second-order valence-corrected chi connectivity index (χ2v) is 10.8. The minimum atomic E-state index is -0.0909. The van der Waals surface area contributed by atoms with Gasteiger partial charge in [0.2, 0.25) is 0 Å². The number of benzene rings is 3. The normalized spacial score (nSPS) is 15.8. The lowest BCUT2D eigenvalue weighted by Crippen LogP contribution is -2.49. The first-order chi connectivity index (χ1) is 18.7. The van der Waals surface area contributed by atoms with Crippen molar-refractivity contribution in [3.63, 3.8) is 0 Å². The van der Waals surface area contributed by atoms with Gasteiger partial charge in [0.1, 0.15) is 5.75 Å². The summed E-state index contributed by atoms with van der Waals surface area (Å²) in [6, 6.07) is 14.7. The summed E-state index contributed by atoms with van der Waals surface area (Å²) in [5.41, 5.74) is 8.33. The maximum Gasteiger partial charge on any atom is 0.332 e. The molecule has 200 valence electrons. The number of nitrogens with one attached hydrogen (secondary N) is 1. The third kappa shape index (κ3) is 4.30. The predicted molar refractivity (Wildman–Crippen MR) is 157 cm³/mol. The Morgan fingerprint density at radius 3 is 2.44 bits per heavy atom. The molecular formula is C31H34N6O2. The van der Waals surface area contributed by atoms with E-state index in [1.54, 1.807) is 28.6 Å². The molecule has 1 aliphatic rings. The first kappa shape index (κ1) is 25.0. The molecule has 1 saturated heterocycles. The Bertz CT molecular complexity index is 1780. The number of piperazine rings is 1. The first-order valence-corrected chi connectivity index (χ1v) is 13.3. The van der Waals surface area contributed by atoms with E-state index in [2.05, 4.69) is 41.3 Å². The van der Waals surface area contributed by atoms with Gasteiger partial charge in [0.25, 0.3) is 0 Å². The number of anilines is 1. The number of phenolic OH excluding ortho intramolecular Hbond substituents is 1. The van der Waals surface area contributed by atoms with Crippen LogP contribution >= 0.6 is 0 Å². The van der Waals surface area contributed by atoms with Gasteiger partial charge in [-0.2, -0.15) is 5.10 Å². The topological polar surface area (TPSA) is 80.2 Å². The van der Waals surface area contributed by atoms with E-state index in [0.717, 1.165) is 75.3 Å². The van der Waals surface area contributed by atoms with Gasteiger partial charge < -0.3 is 19.9 Å². The van der Waals surface area contributed by atoms with Gasteiger partial charge in [-0.25, -0.2) is 4.79 Å². The van der Waals surface area contributed by atoms with Crippen molar-refractivity contribution in [2.24, 2.45) is 14.1 Å². The number of hydrogen-bond acceptors (Lipinski definition) is 5. The maximum atomic E-state index is 12.5. The van der Waals surface area contributed by atoms with Crippen LogP contribution in [0.1, 0.15) is 18.1 Å². The van der Waals surface area contributed by atoms with E-state index < -0.39 is 0 Å². The maximum absolute atomic E-state index is 12.5. The van der Waals surface area contributed by atoms with Crippen molar-refractivity contribution in [3.05, 3.63) is 82.7 Å². The molecule has 8 nitrogen and oxygen atoms in total. The van der Waals surface area contributed by atoms with E-state index in [9.17, 15) is 9.90 Å². The zero-order valence-electron chi connectivity index (χ0n) is 23.1. The predicted octanol–water partition coefficient (Wildman–Crippen LogP) is 4.52. The molecule has 0 amide bonds. The molecule has 2 N–H and O–H groups in total. The van der Waals surface area contributed by atoms with E-state index >= 15 is 0 Å².